The lowest BCUT2D eigenvalue weighted by Crippen LogP contribution is -2.17. The Morgan fingerprint density at radius 3 is 2.86 bits per heavy atom. The van der Waals surface area contributed by atoms with E-state index in [1.165, 1.54) is 22.3 Å². The fourth-order valence-electron chi connectivity index (χ4n) is 2.21. The molecule has 0 radical (unpaired) electrons. The van der Waals surface area contributed by atoms with Gasteiger partial charge in [0.25, 0.3) is 5.56 Å². The molecule has 3 rings (SSSR count). The zero-order valence-electron chi connectivity index (χ0n) is 12.5. The maximum absolute atomic E-state index is 12.5. The quantitative estimate of drug-likeness (QED) is 0.699. The molecule has 2 aromatic heterocycles. The van der Waals surface area contributed by atoms with Crippen molar-refractivity contribution in [3.05, 3.63) is 57.0 Å². The van der Waals surface area contributed by atoms with Gasteiger partial charge in [-0.25, -0.2) is 4.98 Å². The van der Waals surface area contributed by atoms with E-state index in [0.29, 0.717) is 11.1 Å². The van der Waals surface area contributed by atoms with Gasteiger partial charge in [0.1, 0.15) is 16.9 Å². The number of hydrogen-bond donors (Lipinski definition) is 0. The number of thiophene rings is 1. The van der Waals surface area contributed by atoms with E-state index in [4.69, 9.17) is 4.74 Å². The topological polar surface area (TPSA) is 56.5 Å². The number of para-hydroxylation sites is 1. The molecule has 0 aliphatic rings. The number of hydrogen-bond acceptors (Lipinski definition) is 5. The van der Waals surface area contributed by atoms with Crippen LogP contribution in [0.3, 0.4) is 0 Å². The Morgan fingerprint density at radius 1 is 1.32 bits per heavy atom. The summed E-state index contributed by atoms with van der Waals surface area (Å²) in [5, 5.41) is 4.87. The third kappa shape index (κ3) is 2.42. The van der Waals surface area contributed by atoms with E-state index in [1.54, 1.807) is 13.3 Å². The van der Waals surface area contributed by atoms with Crippen molar-refractivity contribution in [2.24, 2.45) is 5.10 Å². The summed E-state index contributed by atoms with van der Waals surface area (Å²) in [6, 6.07) is 7.49. The Hall–Kier alpha value is -2.47. The molecule has 0 amide bonds. The SMILES string of the molecule is COc1ccccc1/C=N/n1cnc2sc(C)c(C)c2c1=O. The van der Waals surface area contributed by atoms with Crippen LogP contribution in [-0.4, -0.2) is 23.0 Å². The van der Waals surface area contributed by atoms with Crippen LogP contribution in [0, 0.1) is 13.8 Å². The predicted molar refractivity (Wildman–Crippen MR) is 89.3 cm³/mol. The summed E-state index contributed by atoms with van der Waals surface area (Å²) in [6.07, 6.45) is 3.05. The first-order chi connectivity index (χ1) is 10.6. The van der Waals surface area contributed by atoms with Crippen LogP contribution in [0.4, 0.5) is 0 Å². The van der Waals surface area contributed by atoms with Gasteiger partial charge in [-0.3, -0.25) is 4.79 Å². The highest BCUT2D eigenvalue weighted by atomic mass is 32.1. The fourth-order valence-corrected chi connectivity index (χ4v) is 3.19. The molecule has 0 saturated heterocycles. The molecule has 22 heavy (non-hydrogen) atoms. The maximum atomic E-state index is 12.5. The van der Waals surface area contributed by atoms with Crippen LogP contribution in [0.5, 0.6) is 5.75 Å². The molecule has 0 aliphatic heterocycles. The molecular weight excluding hydrogens is 298 g/mol. The molecule has 0 spiro atoms. The maximum Gasteiger partial charge on any atom is 0.282 e. The summed E-state index contributed by atoms with van der Waals surface area (Å²) in [5.41, 5.74) is 1.62. The molecule has 0 atom stereocenters. The van der Waals surface area contributed by atoms with Gasteiger partial charge in [0.15, 0.2) is 0 Å². The molecule has 5 nitrogen and oxygen atoms in total. The van der Waals surface area contributed by atoms with Crippen molar-refractivity contribution >= 4 is 27.8 Å². The number of ether oxygens (including phenoxy) is 1. The average molecular weight is 313 g/mol. The molecule has 3 aromatic rings. The van der Waals surface area contributed by atoms with E-state index in [-0.39, 0.29) is 5.56 Å². The minimum atomic E-state index is -0.155. The number of aryl methyl sites for hydroxylation is 2. The van der Waals surface area contributed by atoms with E-state index in [0.717, 1.165) is 20.8 Å². The summed E-state index contributed by atoms with van der Waals surface area (Å²) in [4.78, 5) is 18.7. The zero-order valence-corrected chi connectivity index (χ0v) is 13.3. The molecule has 0 bridgehead atoms. The number of nitrogens with zero attached hydrogens (tertiary/aromatic N) is 3. The van der Waals surface area contributed by atoms with Crippen LogP contribution in [-0.2, 0) is 0 Å². The first-order valence-corrected chi connectivity index (χ1v) is 7.58. The monoisotopic (exact) mass is 313 g/mol. The third-order valence-corrected chi connectivity index (χ3v) is 4.65. The van der Waals surface area contributed by atoms with Gasteiger partial charge < -0.3 is 4.74 Å². The number of methoxy groups -OCH3 is 1. The second-order valence-corrected chi connectivity index (χ2v) is 6.05. The normalized spacial score (nSPS) is 11.4. The van der Waals surface area contributed by atoms with Crippen LogP contribution >= 0.6 is 11.3 Å². The molecular formula is C16H15N3O2S. The van der Waals surface area contributed by atoms with Crippen molar-refractivity contribution in [3.63, 3.8) is 0 Å². The van der Waals surface area contributed by atoms with Crippen molar-refractivity contribution in [1.29, 1.82) is 0 Å². The van der Waals surface area contributed by atoms with Gasteiger partial charge in [-0.05, 0) is 31.5 Å². The fraction of sp³-hybridized carbons (Fsp3) is 0.188. The number of rotatable bonds is 3. The van der Waals surface area contributed by atoms with E-state index in [1.807, 2.05) is 38.1 Å². The Bertz CT molecular complexity index is 925. The Balaban J connectivity index is 2.08. The van der Waals surface area contributed by atoms with E-state index < -0.39 is 0 Å². The molecule has 0 saturated carbocycles. The van der Waals surface area contributed by atoms with Crippen molar-refractivity contribution in [2.45, 2.75) is 13.8 Å². The van der Waals surface area contributed by atoms with Crippen molar-refractivity contribution in [2.75, 3.05) is 7.11 Å². The van der Waals surface area contributed by atoms with Gasteiger partial charge in [0.2, 0.25) is 0 Å². The highest BCUT2D eigenvalue weighted by Gasteiger charge is 2.11. The van der Waals surface area contributed by atoms with Gasteiger partial charge in [-0.15, -0.1) is 11.3 Å². The summed E-state index contributed by atoms with van der Waals surface area (Å²) in [6.45, 7) is 3.93. The summed E-state index contributed by atoms with van der Waals surface area (Å²) in [7, 11) is 1.60. The Kier molecular flexibility index (Phi) is 3.77. The van der Waals surface area contributed by atoms with Crippen LogP contribution in [0.2, 0.25) is 0 Å². The van der Waals surface area contributed by atoms with Crippen LogP contribution in [0.15, 0.2) is 40.5 Å². The molecule has 112 valence electrons. The lowest BCUT2D eigenvalue weighted by molar-refractivity contribution is 0.414. The van der Waals surface area contributed by atoms with Crippen LogP contribution < -0.4 is 10.3 Å². The molecule has 1 aromatic carbocycles. The van der Waals surface area contributed by atoms with E-state index in [9.17, 15) is 4.79 Å². The standard InChI is InChI=1S/C16H15N3O2S/c1-10-11(2)22-15-14(10)16(20)19(9-17-15)18-8-12-6-4-5-7-13(12)21-3/h4-9H,1-3H3/b18-8+. The molecule has 0 N–H and O–H groups in total. The summed E-state index contributed by atoms with van der Waals surface area (Å²) < 4.78 is 6.52. The highest BCUT2D eigenvalue weighted by molar-refractivity contribution is 7.18. The van der Waals surface area contributed by atoms with Gasteiger partial charge in [-0.1, -0.05) is 12.1 Å². The zero-order chi connectivity index (χ0) is 15.7. The minimum absolute atomic E-state index is 0.155. The van der Waals surface area contributed by atoms with Gasteiger partial charge in [0.05, 0.1) is 18.7 Å². The molecule has 6 heteroatoms. The van der Waals surface area contributed by atoms with Gasteiger partial charge in [0, 0.05) is 10.4 Å². The van der Waals surface area contributed by atoms with E-state index in [2.05, 4.69) is 10.1 Å². The van der Waals surface area contributed by atoms with Crippen molar-refractivity contribution in [3.8, 4) is 5.75 Å². The lowest BCUT2D eigenvalue weighted by atomic mass is 10.2. The Labute approximate surface area is 131 Å². The first-order valence-electron chi connectivity index (χ1n) is 6.76. The van der Waals surface area contributed by atoms with Gasteiger partial charge in [-0.2, -0.15) is 9.78 Å². The first kappa shape index (κ1) is 14.5. The van der Waals surface area contributed by atoms with E-state index >= 15 is 0 Å². The lowest BCUT2D eigenvalue weighted by Gasteiger charge is -2.03. The molecule has 2 heterocycles. The smallest absolute Gasteiger partial charge is 0.282 e. The molecule has 0 aliphatic carbocycles. The molecule has 0 unspecified atom stereocenters. The van der Waals surface area contributed by atoms with Crippen molar-refractivity contribution in [1.82, 2.24) is 9.66 Å². The number of benzene rings is 1. The van der Waals surface area contributed by atoms with Gasteiger partial charge >= 0.3 is 0 Å². The number of fused-ring (bicyclic) bond motifs is 1. The van der Waals surface area contributed by atoms with Crippen molar-refractivity contribution < 1.29 is 4.74 Å². The summed E-state index contributed by atoms with van der Waals surface area (Å²) in [5.74, 6) is 0.705. The minimum Gasteiger partial charge on any atom is -0.496 e. The number of aromatic nitrogens is 2. The molecule has 0 fully saturated rings. The Morgan fingerprint density at radius 2 is 2.09 bits per heavy atom. The average Bonchev–Trinajstić information content (AvgIpc) is 2.82. The highest BCUT2D eigenvalue weighted by Crippen LogP contribution is 2.25. The summed E-state index contributed by atoms with van der Waals surface area (Å²) >= 11 is 1.53. The second-order valence-electron chi connectivity index (χ2n) is 4.84. The predicted octanol–water partition coefficient (Wildman–Crippen LogP) is 2.97. The van der Waals surface area contributed by atoms with Crippen LogP contribution in [0.25, 0.3) is 10.2 Å². The largest absolute Gasteiger partial charge is 0.496 e. The second kappa shape index (κ2) is 5.73. The third-order valence-electron chi connectivity index (χ3n) is 3.53. The van der Waals surface area contributed by atoms with Crippen LogP contribution in [0.1, 0.15) is 16.0 Å².